The summed E-state index contributed by atoms with van der Waals surface area (Å²) in [6.07, 6.45) is -4.28. The molecule has 1 fully saturated rings. The summed E-state index contributed by atoms with van der Waals surface area (Å²) in [7, 11) is 0. The Morgan fingerprint density at radius 3 is 2.47 bits per heavy atom. The average Bonchev–Trinajstić information content (AvgIpc) is 2.25. The average molecular weight is 272 g/mol. The van der Waals surface area contributed by atoms with Gasteiger partial charge >= 0.3 is 6.18 Å². The topological polar surface area (TPSA) is 29.3 Å². The second-order valence-electron chi connectivity index (χ2n) is 5.73. The summed E-state index contributed by atoms with van der Waals surface area (Å²) in [6, 6.07) is 5.49. The molecule has 0 aliphatic carbocycles. The normalized spacial score (nSPS) is 19.5. The summed E-state index contributed by atoms with van der Waals surface area (Å²) in [6.45, 7) is 6.14. The molecule has 1 aromatic carbocycles. The molecule has 1 aliphatic rings. The van der Waals surface area contributed by atoms with E-state index in [2.05, 4.69) is 18.7 Å². The lowest BCUT2D eigenvalue weighted by Crippen LogP contribution is -2.69. The van der Waals surface area contributed by atoms with Crippen LogP contribution in [0.3, 0.4) is 0 Å². The van der Waals surface area contributed by atoms with Crippen molar-refractivity contribution in [1.29, 1.82) is 0 Å². The molecule has 2 rings (SSSR count). The Morgan fingerprint density at radius 2 is 1.95 bits per heavy atom. The Hall–Kier alpha value is -1.07. The van der Waals surface area contributed by atoms with Crippen LogP contribution in [0.25, 0.3) is 0 Å². The maximum atomic E-state index is 12.6. The van der Waals surface area contributed by atoms with E-state index in [9.17, 15) is 13.2 Å². The van der Waals surface area contributed by atoms with Crippen LogP contribution in [0.1, 0.15) is 25.0 Å². The molecule has 0 atom stereocenters. The van der Waals surface area contributed by atoms with Crippen molar-refractivity contribution in [3.8, 4) is 0 Å². The van der Waals surface area contributed by atoms with E-state index < -0.39 is 11.7 Å². The van der Waals surface area contributed by atoms with Gasteiger partial charge in [-0.2, -0.15) is 13.2 Å². The maximum Gasteiger partial charge on any atom is 0.416 e. The minimum absolute atomic E-state index is 0.193. The van der Waals surface area contributed by atoms with Crippen molar-refractivity contribution in [2.45, 2.75) is 32.1 Å². The lowest BCUT2D eigenvalue weighted by molar-refractivity contribution is -0.137. The van der Waals surface area contributed by atoms with Crippen LogP contribution in [-0.2, 0) is 12.7 Å². The minimum atomic E-state index is -4.28. The van der Waals surface area contributed by atoms with Gasteiger partial charge in [-0.15, -0.1) is 0 Å². The van der Waals surface area contributed by atoms with Gasteiger partial charge in [0.1, 0.15) is 0 Å². The van der Waals surface area contributed by atoms with Crippen molar-refractivity contribution in [3.05, 3.63) is 35.4 Å². The third-order valence-corrected chi connectivity index (χ3v) is 3.85. The van der Waals surface area contributed by atoms with Gasteiger partial charge in [-0.05, 0) is 17.5 Å². The second kappa shape index (κ2) is 4.80. The molecule has 0 radical (unpaired) electrons. The first-order valence-corrected chi connectivity index (χ1v) is 6.38. The third kappa shape index (κ3) is 3.09. The quantitative estimate of drug-likeness (QED) is 0.916. The molecule has 1 aliphatic heterocycles. The first-order chi connectivity index (χ1) is 8.71. The molecule has 1 saturated heterocycles. The van der Waals surface area contributed by atoms with E-state index in [1.165, 1.54) is 12.1 Å². The Labute approximate surface area is 111 Å². The Balaban J connectivity index is 1.99. The molecule has 0 bridgehead atoms. The monoisotopic (exact) mass is 272 g/mol. The fourth-order valence-corrected chi connectivity index (χ4v) is 2.37. The fourth-order valence-electron chi connectivity index (χ4n) is 2.37. The Morgan fingerprint density at radius 1 is 1.32 bits per heavy atom. The summed E-state index contributed by atoms with van der Waals surface area (Å²) < 4.78 is 37.8. The first-order valence-electron chi connectivity index (χ1n) is 6.38. The summed E-state index contributed by atoms with van der Waals surface area (Å²) in [4.78, 5) is 2.08. The molecule has 5 heteroatoms. The zero-order valence-electron chi connectivity index (χ0n) is 11.2. The number of hydrogen-bond acceptors (Lipinski definition) is 2. The van der Waals surface area contributed by atoms with Crippen LogP contribution in [0.15, 0.2) is 24.3 Å². The zero-order valence-corrected chi connectivity index (χ0v) is 11.2. The van der Waals surface area contributed by atoms with Gasteiger partial charge in [-0.25, -0.2) is 0 Å². The smallest absolute Gasteiger partial charge is 0.323 e. The summed E-state index contributed by atoms with van der Waals surface area (Å²) in [5.41, 5.74) is 6.07. The maximum absolute atomic E-state index is 12.6. The number of nitrogens with two attached hydrogens (primary N) is 1. The van der Waals surface area contributed by atoms with Gasteiger partial charge in [-0.1, -0.05) is 32.0 Å². The molecule has 2 nitrogen and oxygen atoms in total. The van der Waals surface area contributed by atoms with Gasteiger partial charge in [0.2, 0.25) is 0 Å². The molecule has 0 saturated carbocycles. The lowest BCUT2D eigenvalue weighted by Gasteiger charge is -2.50. The summed E-state index contributed by atoms with van der Waals surface area (Å²) >= 11 is 0. The van der Waals surface area contributed by atoms with Crippen molar-refractivity contribution in [1.82, 2.24) is 4.90 Å². The Bertz CT molecular complexity index is 448. The summed E-state index contributed by atoms with van der Waals surface area (Å²) in [5.74, 6) is 0.380. The SMILES string of the molecule is CC(C)C1(N)CN(Cc2cccc(C(F)(F)F)c2)C1. The number of alkyl halides is 3. The number of benzene rings is 1. The van der Waals surface area contributed by atoms with E-state index in [1.54, 1.807) is 6.07 Å². The second-order valence-corrected chi connectivity index (χ2v) is 5.73. The Kier molecular flexibility index (Phi) is 3.62. The van der Waals surface area contributed by atoms with E-state index in [-0.39, 0.29) is 5.54 Å². The predicted octanol–water partition coefficient (Wildman–Crippen LogP) is 2.87. The highest BCUT2D eigenvalue weighted by Crippen LogP contribution is 2.31. The number of likely N-dealkylation sites (tertiary alicyclic amines) is 1. The largest absolute Gasteiger partial charge is 0.416 e. The molecular weight excluding hydrogens is 253 g/mol. The van der Waals surface area contributed by atoms with Crippen LogP contribution in [0.5, 0.6) is 0 Å². The molecule has 106 valence electrons. The third-order valence-electron chi connectivity index (χ3n) is 3.85. The van der Waals surface area contributed by atoms with Gasteiger partial charge in [0.15, 0.2) is 0 Å². The van der Waals surface area contributed by atoms with Gasteiger partial charge < -0.3 is 5.73 Å². The van der Waals surface area contributed by atoms with Crippen LogP contribution in [0.4, 0.5) is 13.2 Å². The highest BCUT2D eigenvalue weighted by Gasteiger charge is 2.41. The number of rotatable bonds is 3. The lowest BCUT2D eigenvalue weighted by atomic mass is 9.80. The van der Waals surface area contributed by atoms with Gasteiger partial charge in [0.25, 0.3) is 0 Å². The molecule has 0 spiro atoms. The predicted molar refractivity (Wildman–Crippen MR) is 68.5 cm³/mol. The van der Waals surface area contributed by atoms with Crippen LogP contribution in [0.2, 0.25) is 0 Å². The van der Waals surface area contributed by atoms with Crippen molar-refractivity contribution in [3.63, 3.8) is 0 Å². The number of nitrogens with zero attached hydrogens (tertiary/aromatic N) is 1. The van der Waals surface area contributed by atoms with Crippen LogP contribution >= 0.6 is 0 Å². The molecule has 19 heavy (non-hydrogen) atoms. The van der Waals surface area contributed by atoms with E-state index in [0.717, 1.165) is 19.2 Å². The van der Waals surface area contributed by atoms with E-state index in [0.29, 0.717) is 18.0 Å². The van der Waals surface area contributed by atoms with E-state index in [4.69, 9.17) is 5.73 Å². The van der Waals surface area contributed by atoms with Crippen LogP contribution in [-0.4, -0.2) is 23.5 Å². The molecule has 2 N–H and O–H groups in total. The molecule has 0 amide bonds. The van der Waals surface area contributed by atoms with Gasteiger partial charge in [0, 0.05) is 25.2 Å². The highest BCUT2D eigenvalue weighted by molar-refractivity contribution is 5.26. The highest BCUT2D eigenvalue weighted by atomic mass is 19.4. The van der Waals surface area contributed by atoms with Crippen molar-refractivity contribution < 1.29 is 13.2 Å². The number of hydrogen-bond donors (Lipinski definition) is 1. The molecule has 1 heterocycles. The number of halogens is 3. The van der Waals surface area contributed by atoms with Crippen LogP contribution < -0.4 is 5.73 Å². The zero-order chi connectivity index (χ0) is 14.3. The van der Waals surface area contributed by atoms with Crippen molar-refractivity contribution in [2.75, 3.05) is 13.1 Å². The molecule has 1 aromatic rings. The minimum Gasteiger partial charge on any atom is -0.323 e. The van der Waals surface area contributed by atoms with Crippen molar-refractivity contribution >= 4 is 0 Å². The van der Waals surface area contributed by atoms with E-state index >= 15 is 0 Å². The first kappa shape index (κ1) is 14.3. The molecular formula is C14H19F3N2. The van der Waals surface area contributed by atoms with Gasteiger partial charge in [0.05, 0.1) is 5.56 Å². The van der Waals surface area contributed by atoms with Crippen LogP contribution in [0, 0.1) is 5.92 Å². The van der Waals surface area contributed by atoms with Gasteiger partial charge in [-0.3, -0.25) is 4.90 Å². The van der Waals surface area contributed by atoms with E-state index in [1.807, 2.05) is 0 Å². The molecule has 0 aromatic heterocycles. The summed E-state index contributed by atoms with van der Waals surface area (Å²) in [5, 5.41) is 0. The molecule has 0 unspecified atom stereocenters. The fraction of sp³-hybridized carbons (Fsp3) is 0.571. The van der Waals surface area contributed by atoms with Crippen molar-refractivity contribution in [2.24, 2.45) is 11.7 Å². The standard InChI is InChI=1S/C14H19F3N2/c1-10(2)13(18)8-19(9-13)7-11-4-3-5-12(6-11)14(15,16)17/h3-6,10H,7-9,18H2,1-2H3.